The summed E-state index contributed by atoms with van der Waals surface area (Å²) in [6, 6.07) is 1.86. The fourth-order valence-corrected chi connectivity index (χ4v) is 3.05. The van der Waals surface area contributed by atoms with Gasteiger partial charge in [-0.3, -0.25) is 14.4 Å². The van der Waals surface area contributed by atoms with Crippen LogP contribution in [0.25, 0.3) is 10.9 Å². The predicted octanol–water partition coefficient (Wildman–Crippen LogP) is 1.75. The molecule has 2 rings (SSSR count). The Morgan fingerprint density at radius 3 is 2.30 bits per heavy atom. The monoisotopic (exact) mass is 595 g/mol. The van der Waals surface area contributed by atoms with Gasteiger partial charge >= 0.3 is 31.1 Å². The molecule has 0 fully saturated rings. The van der Waals surface area contributed by atoms with Gasteiger partial charge in [0.05, 0.1) is 6.04 Å². The van der Waals surface area contributed by atoms with Crippen molar-refractivity contribution < 1.29 is 40.7 Å². The second-order valence-corrected chi connectivity index (χ2v) is 6.60. The van der Waals surface area contributed by atoms with E-state index in [9.17, 15) is 14.4 Å². The number of carbonyl (C=O) groups is 2. The summed E-state index contributed by atoms with van der Waals surface area (Å²) in [7, 11) is 1.79. The third kappa shape index (κ3) is 4.90. The van der Waals surface area contributed by atoms with E-state index in [1.807, 2.05) is 20.8 Å². The van der Waals surface area contributed by atoms with Gasteiger partial charge < -0.3 is 23.0 Å². The van der Waals surface area contributed by atoms with Crippen LogP contribution in [-0.2, 0) is 11.8 Å². The normalized spacial score (nSPS) is 12.6. The number of nitrogens with one attached hydrogen (secondary N) is 1. The van der Waals surface area contributed by atoms with E-state index in [0.29, 0.717) is 5.39 Å². The first kappa shape index (κ1) is 25.6. The molecule has 0 spiro atoms. The molecule has 2 atom stereocenters. The van der Waals surface area contributed by atoms with Crippen molar-refractivity contribution in [3.63, 3.8) is 0 Å². The molecule has 0 saturated carbocycles. The molecule has 0 aliphatic rings. The number of amides is 1. The number of aromatic nitrogens is 1. The van der Waals surface area contributed by atoms with Crippen LogP contribution in [0.4, 0.5) is 0 Å². The summed E-state index contributed by atoms with van der Waals surface area (Å²) >= 11 is 0. The second kappa shape index (κ2) is 9.68. The Morgan fingerprint density at radius 2 is 1.78 bits per heavy atom. The van der Waals surface area contributed by atoms with Gasteiger partial charge in [-0.25, -0.2) is 0 Å². The number of hydrogen-bond donors (Lipinski definition) is 2. The zero-order chi connectivity index (χ0) is 19.0. The maximum atomic E-state index is 12.9. The largest absolute Gasteiger partial charge is 2.00 e. The zero-order valence-corrected chi connectivity index (χ0v) is 21.1. The number of fused-ring (bicyclic) bond motifs is 1. The van der Waals surface area contributed by atoms with Crippen LogP contribution in [0.15, 0.2) is 11.0 Å². The van der Waals surface area contributed by atoms with Gasteiger partial charge in [-0.1, -0.05) is 31.7 Å². The van der Waals surface area contributed by atoms with Gasteiger partial charge in [0.25, 0.3) is 5.91 Å². The number of pyridine rings is 1. The molecule has 0 aliphatic heterocycles. The molecule has 6 nitrogen and oxygen atoms in total. The van der Waals surface area contributed by atoms with E-state index in [1.54, 1.807) is 18.5 Å². The number of nitrogens with zero attached hydrogens (tertiary/aromatic N) is 1. The maximum Gasteiger partial charge on any atom is 2.00 e. The molecule has 7 heteroatoms. The van der Waals surface area contributed by atoms with Gasteiger partial charge in [-0.05, 0) is 20.9 Å². The topological polar surface area (TPSA) is 94.2 Å². The summed E-state index contributed by atoms with van der Waals surface area (Å²) < 4.78 is 1.76. The van der Waals surface area contributed by atoms with Crippen LogP contribution in [-0.4, -0.2) is 28.3 Å². The Morgan fingerprint density at radius 1 is 1.22 bits per heavy atom. The molecule has 1 aromatic carbocycles. The van der Waals surface area contributed by atoms with Crippen molar-refractivity contribution in [2.75, 3.05) is 0 Å². The Kier molecular flexibility index (Phi) is 9.17. The Balaban J connectivity index is 0.00000338. The molecule has 0 bridgehead atoms. The van der Waals surface area contributed by atoms with Crippen LogP contribution in [0, 0.1) is 65.4 Å². The zero-order valence-electron chi connectivity index (χ0n) is 17.0. The Hall–Kier alpha value is -1.42. The van der Waals surface area contributed by atoms with E-state index in [2.05, 4.69) is 11.4 Å². The summed E-state index contributed by atoms with van der Waals surface area (Å²) in [5, 5.41) is 3.17. The number of benzene rings is 1. The number of Topliss-reactive ketones (excluding diaryl/α,β-unsaturated/α-hetero) is 1. The minimum atomic E-state index is -0.811. The molecule has 144 valence electrons. The number of hydrogen-bond acceptors (Lipinski definition) is 4. The van der Waals surface area contributed by atoms with Crippen LogP contribution < -0.4 is 16.5 Å². The van der Waals surface area contributed by atoms with E-state index in [1.165, 1.54) is 13.1 Å². The van der Waals surface area contributed by atoms with Gasteiger partial charge in [0.1, 0.15) is 11.3 Å². The SMILES string of the molecule is CC(=O)C(N)C(C)NC(=O)c1cn(C)c2c(C)[c-]c(C)c(C)c2c1=O.[CH3-].[U+2]. The first-order valence-electron chi connectivity index (χ1n) is 8.15. The van der Waals surface area contributed by atoms with E-state index < -0.39 is 18.0 Å². The molecule has 27 heavy (non-hydrogen) atoms. The molecule has 2 unspecified atom stereocenters. The van der Waals surface area contributed by atoms with Crippen molar-refractivity contribution in [1.29, 1.82) is 0 Å². The van der Waals surface area contributed by atoms with Crippen LogP contribution in [0.2, 0.25) is 0 Å². The number of ketones is 1. The van der Waals surface area contributed by atoms with Gasteiger partial charge in [0.15, 0.2) is 5.43 Å². The van der Waals surface area contributed by atoms with Gasteiger partial charge in [0, 0.05) is 12.2 Å². The van der Waals surface area contributed by atoms with Gasteiger partial charge in [0.2, 0.25) is 0 Å². The van der Waals surface area contributed by atoms with Crippen LogP contribution in [0.5, 0.6) is 0 Å². The second-order valence-electron chi connectivity index (χ2n) is 6.60. The Labute approximate surface area is 184 Å². The fourth-order valence-electron chi connectivity index (χ4n) is 3.05. The standard InChI is InChI=1S/C19H24N3O3.CH3.U/c1-9-7-10(2)17-15(11(9)3)18(24)14(8-22(17)6)19(25)21-12(4)16(20)13(5)23;;/h8,12,16H,20H2,1-6H3,(H,21,25);1H3;/q2*-1;+2. The summed E-state index contributed by atoms with van der Waals surface area (Å²) in [5.41, 5.74) is 8.77. The van der Waals surface area contributed by atoms with Gasteiger partial charge in [-0.15, -0.1) is 11.1 Å². The molecular formula is C20H27N3O3U. The maximum absolute atomic E-state index is 12.9. The molecule has 1 amide bonds. The third-order valence-electron chi connectivity index (χ3n) is 4.66. The summed E-state index contributed by atoms with van der Waals surface area (Å²) in [4.78, 5) is 36.9. The van der Waals surface area contributed by atoms with E-state index >= 15 is 0 Å². The number of aryl methyl sites for hydroxylation is 4. The van der Waals surface area contributed by atoms with Crippen LogP contribution in [0.3, 0.4) is 0 Å². The molecule has 0 saturated heterocycles. The molecule has 0 aliphatic carbocycles. The summed E-state index contributed by atoms with van der Waals surface area (Å²) in [6.45, 7) is 8.65. The van der Waals surface area contributed by atoms with E-state index in [0.717, 1.165) is 22.2 Å². The smallest absolute Gasteiger partial charge is 0.402 e. The van der Waals surface area contributed by atoms with E-state index in [-0.39, 0.29) is 55.3 Å². The van der Waals surface area contributed by atoms with Crippen molar-refractivity contribution in [3.8, 4) is 0 Å². The molecule has 1 heterocycles. The molecular weight excluding hydrogens is 568 g/mol. The average Bonchev–Trinajstić information content (AvgIpc) is 2.53. The van der Waals surface area contributed by atoms with Crippen molar-refractivity contribution in [1.82, 2.24) is 9.88 Å². The van der Waals surface area contributed by atoms with Crippen molar-refractivity contribution in [2.45, 2.75) is 46.7 Å². The minimum Gasteiger partial charge on any atom is -0.402 e. The Bertz CT molecular complexity index is 934. The predicted molar refractivity (Wildman–Crippen MR) is 104 cm³/mol. The summed E-state index contributed by atoms with van der Waals surface area (Å²) in [6.07, 6.45) is 1.52. The average molecular weight is 595 g/mol. The van der Waals surface area contributed by atoms with Gasteiger partial charge in [-0.2, -0.15) is 11.6 Å². The van der Waals surface area contributed by atoms with Crippen LogP contribution in [0.1, 0.15) is 40.9 Å². The molecule has 0 radical (unpaired) electrons. The number of carbonyl (C=O) groups excluding carboxylic acids is 2. The molecule has 1 aromatic heterocycles. The number of nitrogens with two attached hydrogens (primary N) is 1. The van der Waals surface area contributed by atoms with Crippen LogP contribution >= 0.6 is 0 Å². The number of rotatable bonds is 4. The minimum absolute atomic E-state index is 0. The fraction of sp³-hybridized carbons (Fsp3) is 0.400. The molecule has 2 aromatic rings. The first-order chi connectivity index (χ1) is 11.6. The quantitative estimate of drug-likeness (QED) is 0.527. The molecule has 3 N–H and O–H groups in total. The van der Waals surface area contributed by atoms with Crippen molar-refractivity contribution >= 4 is 22.6 Å². The third-order valence-corrected chi connectivity index (χ3v) is 4.66. The van der Waals surface area contributed by atoms with Crippen molar-refractivity contribution in [3.05, 3.63) is 52.2 Å². The van der Waals surface area contributed by atoms with E-state index in [4.69, 9.17) is 5.73 Å². The summed E-state index contributed by atoms with van der Waals surface area (Å²) in [5.74, 6) is -0.758. The van der Waals surface area contributed by atoms with Crippen molar-refractivity contribution in [2.24, 2.45) is 12.8 Å². The first-order valence-corrected chi connectivity index (χ1v) is 8.15.